The number of hydrogen-bond acceptors (Lipinski definition) is 3. The Labute approximate surface area is 107 Å². The van der Waals surface area contributed by atoms with Crippen molar-refractivity contribution in [1.29, 1.82) is 0 Å². The van der Waals surface area contributed by atoms with Crippen LogP contribution in [0.4, 0.5) is 18.9 Å². The molecule has 0 aromatic heterocycles. The molecule has 0 bridgehead atoms. The molecule has 1 aliphatic rings. The van der Waals surface area contributed by atoms with Crippen molar-refractivity contribution in [2.45, 2.75) is 29.7 Å². The van der Waals surface area contributed by atoms with Crippen LogP contribution in [0.15, 0.2) is 23.1 Å². The maximum absolute atomic E-state index is 12.8. The Bertz CT molecular complexity index is 662. The molecule has 1 aromatic carbocycles. The molecule has 19 heavy (non-hydrogen) atoms. The average molecular weight is 293 g/mol. The van der Waals surface area contributed by atoms with Crippen molar-refractivity contribution >= 4 is 21.4 Å². The summed E-state index contributed by atoms with van der Waals surface area (Å²) in [5.41, 5.74) is -1.86. The van der Waals surface area contributed by atoms with Gasteiger partial charge in [0.15, 0.2) is 9.84 Å². The van der Waals surface area contributed by atoms with Gasteiger partial charge < -0.3 is 5.32 Å². The van der Waals surface area contributed by atoms with E-state index in [0.29, 0.717) is 0 Å². The van der Waals surface area contributed by atoms with E-state index >= 15 is 0 Å². The number of benzene rings is 1. The van der Waals surface area contributed by atoms with Gasteiger partial charge in [-0.05, 0) is 26.0 Å². The van der Waals surface area contributed by atoms with Crippen LogP contribution in [0.5, 0.6) is 0 Å². The van der Waals surface area contributed by atoms with Crippen LogP contribution in [-0.2, 0) is 20.8 Å². The van der Waals surface area contributed by atoms with Crippen LogP contribution < -0.4 is 5.32 Å². The fourth-order valence-electron chi connectivity index (χ4n) is 1.78. The predicted molar refractivity (Wildman–Crippen MR) is 61.3 cm³/mol. The molecule has 1 aliphatic heterocycles. The zero-order valence-electron chi connectivity index (χ0n) is 10.00. The molecule has 0 saturated carbocycles. The third-order valence-electron chi connectivity index (χ3n) is 3.08. The molecule has 104 valence electrons. The van der Waals surface area contributed by atoms with Gasteiger partial charge in [-0.3, -0.25) is 4.79 Å². The van der Waals surface area contributed by atoms with Gasteiger partial charge in [0.2, 0.25) is 5.91 Å². The Balaban J connectivity index is 2.82. The lowest BCUT2D eigenvalue weighted by Crippen LogP contribution is -2.48. The summed E-state index contributed by atoms with van der Waals surface area (Å²) < 4.78 is 61.0. The fourth-order valence-corrected chi connectivity index (χ4v) is 3.31. The molecule has 1 N–H and O–H groups in total. The zero-order valence-corrected chi connectivity index (χ0v) is 10.8. The lowest BCUT2D eigenvalue weighted by molar-refractivity contribution is -0.137. The number of carbonyl (C=O) groups is 1. The highest BCUT2D eigenvalue weighted by Gasteiger charge is 2.50. The molecular weight excluding hydrogens is 283 g/mol. The Hall–Kier alpha value is -1.57. The van der Waals surface area contributed by atoms with Gasteiger partial charge in [-0.1, -0.05) is 6.07 Å². The van der Waals surface area contributed by atoms with Gasteiger partial charge in [-0.15, -0.1) is 0 Å². The minimum Gasteiger partial charge on any atom is -0.323 e. The van der Waals surface area contributed by atoms with Crippen molar-refractivity contribution in [3.8, 4) is 0 Å². The van der Waals surface area contributed by atoms with E-state index in [-0.39, 0.29) is 0 Å². The summed E-state index contributed by atoms with van der Waals surface area (Å²) in [6, 6.07) is 2.79. The molecule has 4 nitrogen and oxygen atoms in total. The first kappa shape index (κ1) is 13.9. The number of hydrogen-bond donors (Lipinski definition) is 1. The smallest absolute Gasteiger partial charge is 0.323 e. The molecule has 1 heterocycles. The molecule has 0 atom stereocenters. The second-order valence-corrected chi connectivity index (χ2v) is 7.11. The van der Waals surface area contributed by atoms with E-state index in [0.717, 1.165) is 32.0 Å². The van der Waals surface area contributed by atoms with Gasteiger partial charge in [-0.2, -0.15) is 13.2 Å². The highest BCUT2D eigenvalue weighted by Crippen LogP contribution is 2.43. The number of fused-ring (bicyclic) bond motifs is 1. The van der Waals surface area contributed by atoms with Crippen molar-refractivity contribution in [2.75, 3.05) is 5.32 Å². The summed E-state index contributed by atoms with van der Waals surface area (Å²) >= 11 is 0. The molecule has 2 rings (SSSR count). The predicted octanol–water partition coefficient (Wildman–Crippen LogP) is 2.21. The number of carbonyl (C=O) groups excluding carboxylic acids is 1. The van der Waals surface area contributed by atoms with E-state index in [9.17, 15) is 26.4 Å². The SMILES string of the molecule is CC1(C)C(=O)Nc2c(C(F)(F)F)cccc2S1(=O)=O. The van der Waals surface area contributed by atoms with Gasteiger partial charge in [0, 0.05) is 0 Å². The number of rotatable bonds is 0. The lowest BCUT2D eigenvalue weighted by atomic mass is 10.1. The first-order valence-electron chi connectivity index (χ1n) is 5.26. The molecule has 0 radical (unpaired) electrons. The largest absolute Gasteiger partial charge is 0.418 e. The highest BCUT2D eigenvalue weighted by atomic mass is 32.2. The Morgan fingerprint density at radius 1 is 1.21 bits per heavy atom. The molecular formula is C11H10F3NO3S. The second-order valence-electron chi connectivity index (χ2n) is 4.64. The number of amides is 1. The van der Waals surface area contributed by atoms with Crippen LogP contribution in [0.25, 0.3) is 0 Å². The molecule has 0 fully saturated rings. The van der Waals surface area contributed by atoms with E-state index in [1.165, 1.54) is 0 Å². The zero-order chi connectivity index (χ0) is 14.6. The van der Waals surface area contributed by atoms with E-state index in [1.54, 1.807) is 0 Å². The molecule has 0 aliphatic carbocycles. The van der Waals surface area contributed by atoms with Gasteiger partial charge in [0.25, 0.3) is 0 Å². The van der Waals surface area contributed by atoms with Crippen LogP contribution in [0.2, 0.25) is 0 Å². The number of halogens is 3. The monoisotopic (exact) mass is 293 g/mol. The third kappa shape index (κ3) is 1.81. The van der Waals surface area contributed by atoms with Crippen LogP contribution in [-0.4, -0.2) is 19.1 Å². The molecule has 8 heteroatoms. The summed E-state index contributed by atoms with van der Waals surface area (Å²) in [5.74, 6) is -0.975. The molecule has 0 unspecified atom stereocenters. The van der Waals surface area contributed by atoms with Crippen molar-refractivity contribution < 1.29 is 26.4 Å². The van der Waals surface area contributed by atoms with E-state index in [1.807, 2.05) is 5.32 Å². The Morgan fingerprint density at radius 3 is 2.32 bits per heavy atom. The molecule has 0 saturated heterocycles. The molecule has 0 spiro atoms. The van der Waals surface area contributed by atoms with E-state index in [4.69, 9.17) is 0 Å². The number of anilines is 1. The van der Waals surface area contributed by atoms with Crippen molar-refractivity contribution in [1.82, 2.24) is 0 Å². The van der Waals surface area contributed by atoms with Gasteiger partial charge in [0.1, 0.15) is 4.75 Å². The van der Waals surface area contributed by atoms with Crippen LogP contribution >= 0.6 is 0 Å². The maximum atomic E-state index is 12.8. The normalized spacial score (nSPS) is 20.6. The molecule has 1 aromatic rings. The van der Waals surface area contributed by atoms with Crippen molar-refractivity contribution in [2.24, 2.45) is 0 Å². The summed E-state index contributed by atoms with van der Waals surface area (Å²) in [6.07, 6.45) is -4.74. The minimum atomic E-state index is -4.74. The minimum absolute atomic E-state index is 0.507. The number of para-hydroxylation sites is 1. The lowest BCUT2D eigenvalue weighted by Gasteiger charge is -2.31. The van der Waals surface area contributed by atoms with Crippen molar-refractivity contribution in [3.63, 3.8) is 0 Å². The van der Waals surface area contributed by atoms with Crippen LogP contribution in [0.3, 0.4) is 0 Å². The molecule has 1 amide bonds. The first-order chi connectivity index (χ1) is 8.49. The summed E-state index contributed by atoms with van der Waals surface area (Å²) in [7, 11) is -4.16. The first-order valence-corrected chi connectivity index (χ1v) is 6.74. The quantitative estimate of drug-likeness (QED) is 0.797. The summed E-state index contributed by atoms with van der Waals surface area (Å²) in [5, 5.41) is 2.04. The number of nitrogens with one attached hydrogen (secondary N) is 1. The topological polar surface area (TPSA) is 63.2 Å². The third-order valence-corrected chi connectivity index (χ3v) is 5.53. The number of sulfone groups is 1. The van der Waals surface area contributed by atoms with E-state index < -0.39 is 42.8 Å². The average Bonchev–Trinajstić information content (AvgIpc) is 2.25. The van der Waals surface area contributed by atoms with Gasteiger partial charge in [0.05, 0.1) is 16.1 Å². The second kappa shape index (κ2) is 3.72. The van der Waals surface area contributed by atoms with Crippen molar-refractivity contribution in [3.05, 3.63) is 23.8 Å². The van der Waals surface area contributed by atoms with Gasteiger partial charge in [-0.25, -0.2) is 8.42 Å². The standard InChI is InChI=1S/C11H10F3NO3S/c1-10(2)9(16)15-8-6(11(12,13)14)4-3-5-7(8)19(10,17)18/h3-5H,1-2H3,(H,15,16). The highest BCUT2D eigenvalue weighted by molar-refractivity contribution is 7.94. The fraction of sp³-hybridized carbons (Fsp3) is 0.364. The summed E-state index contributed by atoms with van der Waals surface area (Å²) in [4.78, 5) is 11.2. The van der Waals surface area contributed by atoms with Crippen LogP contribution in [0.1, 0.15) is 19.4 Å². The Morgan fingerprint density at radius 2 is 1.79 bits per heavy atom. The van der Waals surface area contributed by atoms with Gasteiger partial charge >= 0.3 is 6.18 Å². The van der Waals surface area contributed by atoms with E-state index in [2.05, 4.69) is 0 Å². The Kier molecular flexibility index (Phi) is 2.71. The number of alkyl halides is 3. The summed E-state index contributed by atoms with van der Waals surface area (Å²) in [6.45, 7) is 2.31. The van der Waals surface area contributed by atoms with Crippen LogP contribution in [0, 0.1) is 0 Å². The maximum Gasteiger partial charge on any atom is 0.418 e.